The number of hydrogen-bond acceptors (Lipinski definition) is 7. The van der Waals surface area contributed by atoms with E-state index in [4.69, 9.17) is 0 Å². The Kier molecular flexibility index (Phi) is 5.85. The summed E-state index contributed by atoms with van der Waals surface area (Å²) < 4.78 is 0. The van der Waals surface area contributed by atoms with Crippen LogP contribution in [-0.2, 0) is 22.4 Å². The lowest BCUT2D eigenvalue weighted by atomic mass is 9.73. The number of carbonyl (C=O) groups is 2. The summed E-state index contributed by atoms with van der Waals surface area (Å²) in [6.07, 6.45) is 3.81. The average molecular weight is 408 g/mol. The van der Waals surface area contributed by atoms with Crippen LogP contribution in [0.4, 0.5) is 10.9 Å². The predicted molar refractivity (Wildman–Crippen MR) is 110 cm³/mol. The monoisotopic (exact) mass is 408 g/mol. The molecule has 148 valence electrons. The Bertz CT molecular complexity index is 970. The fraction of sp³-hybridized carbons (Fsp3) is 0.300. The maximum Gasteiger partial charge on any atom is 0.229 e. The van der Waals surface area contributed by atoms with Crippen LogP contribution in [0.1, 0.15) is 35.0 Å². The molecule has 0 saturated heterocycles. The molecular formula is C20H20N6O2S. The first-order chi connectivity index (χ1) is 14.2. The molecule has 0 unspecified atom stereocenters. The first kappa shape index (κ1) is 19.1. The minimum atomic E-state index is -0.111. The Morgan fingerprint density at radius 3 is 2.62 bits per heavy atom. The van der Waals surface area contributed by atoms with Gasteiger partial charge in [0, 0.05) is 5.92 Å². The number of aromatic nitrogens is 4. The molecule has 9 heteroatoms. The molecule has 3 aromatic rings. The van der Waals surface area contributed by atoms with Crippen molar-refractivity contribution in [2.75, 3.05) is 10.6 Å². The van der Waals surface area contributed by atoms with Gasteiger partial charge in [-0.05, 0) is 42.9 Å². The SMILES string of the molecule is O=CNc1nnc(C2CC(Cc3ccc(NC(=O)Cc4ccccc4)nn3)C2)s1. The Morgan fingerprint density at radius 2 is 1.90 bits per heavy atom. The molecule has 2 heterocycles. The summed E-state index contributed by atoms with van der Waals surface area (Å²) in [6, 6.07) is 13.3. The van der Waals surface area contributed by atoms with Crippen molar-refractivity contribution in [1.82, 2.24) is 20.4 Å². The summed E-state index contributed by atoms with van der Waals surface area (Å²) in [5, 5.41) is 23.3. The second-order valence-electron chi connectivity index (χ2n) is 7.07. The quantitative estimate of drug-likeness (QED) is 0.555. The highest BCUT2D eigenvalue weighted by molar-refractivity contribution is 7.15. The maximum atomic E-state index is 12.1. The fourth-order valence-corrected chi connectivity index (χ4v) is 4.24. The highest BCUT2D eigenvalue weighted by Gasteiger charge is 2.33. The number of benzene rings is 1. The summed E-state index contributed by atoms with van der Waals surface area (Å²) in [5.41, 5.74) is 1.87. The van der Waals surface area contributed by atoms with E-state index in [1.165, 1.54) is 11.3 Å². The van der Waals surface area contributed by atoms with Crippen LogP contribution < -0.4 is 10.6 Å². The number of amides is 2. The zero-order chi connectivity index (χ0) is 20.1. The van der Waals surface area contributed by atoms with Gasteiger partial charge in [0.2, 0.25) is 17.4 Å². The van der Waals surface area contributed by atoms with E-state index in [2.05, 4.69) is 31.0 Å². The third-order valence-electron chi connectivity index (χ3n) is 4.90. The standard InChI is InChI=1S/C20H20N6O2S/c27-12-21-20-26-25-19(29-20)15-8-14(9-15)10-16-6-7-17(24-23-16)22-18(28)11-13-4-2-1-3-5-13/h1-7,12,14-15H,8-11H2,(H,21,26,27)(H,22,24,28). The van der Waals surface area contributed by atoms with Gasteiger partial charge in [-0.15, -0.1) is 15.3 Å². The van der Waals surface area contributed by atoms with Crippen molar-refractivity contribution < 1.29 is 9.59 Å². The number of nitrogens with one attached hydrogen (secondary N) is 2. The van der Waals surface area contributed by atoms with E-state index in [1.54, 1.807) is 6.07 Å². The number of hydrogen-bond donors (Lipinski definition) is 2. The molecule has 1 fully saturated rings. The predicted octanol–water partition coefficient (Wildman–Crippen LogP) is 2.81. The summed E-state index contributed by atoms with van der Waals surface area (Å²) in [7, 11) is 0. The first-order valence-corrected chi connectivity index (χ1v) is 10.2. The smallest absolute Gasteiger partial charge is 0.229 e. The lowest BCUT2D eigenvalue weighted by molar-refractivity contribution is -0.115. The molecule has 1 saturated carbocycles. The minimum absolute atomic E-state index is 0.111. The van der Waals surface area contributed by atoms with Gasteiger partial charge in [0.15, 0.2) is 5.82 Å². The van der Waals surface area contributed by atoms with E-state index in [1.807, 2.05) is 36.4 Å². The Labute approximate surface area is 171 Å². The molecule has 1 aliphatic carbocycles. The molecule has 29 heavy (non-hydrogen) atoms. The Hall–Kier alpha value is -3.20. The van der Waals surface area contributed by atoms with Gasteiger partial charge in [-0.25, -0.2) is 0 Å². The highest BCUT2D eigenvalue weighted by Crippen LogP contribution is 2.44. The summed E-state index contributed by atoms with van der Waals surface area (Å²) in [6.45, 7) is 0. The van der Waals surface area contributed by atoms with Crippen LogP contribution in [0.15, 0.2) is 42.5 Å². The van der Waals surface area contributed by atoms with Gasteiger partial charge in [-0.3, -0.25) is 9.59 Å². The lowest BCUT2D eigenvalue weighted by Gasteiger charge is -2.33. The van der Waals surface area contributed by atoms with E-state index in [0.29, 0.717) is 35.6 Å². The number of anilines is 2. The van der Waals surface area contributed by atoms with Gasteiger partial charge in [0.25, 0.3) is 0 Å². The van der Waals surface area contributed by atoms with E-state index in [0.717, 1.165) is 35.5 Å². The van der Waals surface area contributed by atoms with Crippen molar-refractivity contribution in [3.63, 3.8) is 0 Å². The van der Waals surface area contributed by atoms with Crippen molar-refractivity contribution in [1.29, 1.82) is 0 Å². The van der Waals surface area contributed by atoms with Crippen molar-refractivity contribution in [2.45, 2.75) is 31.6 Å². The zero-order valence-corrected chi connectivity index (χ0v) is 16.4. The number of carbonyl (C=O) groups excluding carboxylic acids is 2. The fourth-order valence-electron chi connectivity index (χ4n) is 3.41. The molecule has 0 radical (unpaired) electrons. The van der Waals surface area contributed by atoms with E-state index < -0.39 is 0 Å². The molecule has 0 bridgehead atoms. The van der Waals surface area contributed by atoms with Gasteiger partial charge in [-0.1, -0.05) is 41.7 Å². The van der Waals surface area contributed by atoms with Crippen molar-refractivity contribution in [2.24, 2.45) is 5.92 Å². The normalized spacial score (nSPS) is 17.9. The van der Waals surface area contributed by atoms with Crippen LogP contribution >= 0.6 is 11.3 Å². The molecule has 1 aliphatic rings. The largest absolute Gasteiger partial charge is 0.309 e. The third kappa shape index (κ3) is 5.00. The third-order valence-corrected chi connectivity index (χ3v) is 5.92. The molecule has 0 aliphatic heterocycles. The van der Waals surface area contributed by atoms with Gasteiger partial charge < -0.3 is 10.6 Å². The minimum Gasteiger partial charge on any atom is -0.309 e. The lowest BCUT2D eigenvalue weighted by Crippen LogP contribution is -2.24. The van der Waals surface area contributed by atoms with Crippen LogP contribution in [0.3, 0.4) is 0 Å². The molecule has 2 amide bonds. The molecule has 1 aromatic carbocycles. The van der Waals surface area contributed by atoms with E-state index in [-0.39, 0.29) is 5.91 Å². The van der Waals surface area contributed by atoms with Gasteiger partial charge in [0.05, 0.1) is 12.1 Å². The second kappa shape index (κ2) is 8.87. The van der Waals surface area contributed by atoms with Gasteiger partial charge >= 0.3 is 0 Å². The van der Waals surface area contributed by atoms with Crippen molar-refractivity contribution >= 4 is 34.6 Å². The van der Waals surface area contributed by atoms with Crippen LogP contribution in [0.25, 0.3) is 0 Å². The van der Waals surface area contributed by atoms with Crippen molar-refractivity contribution in [3.8, 4) is 0 Å². The molecule has 8 nitrogen and oxygen atoms in total. The second-order valence-corrected chi connectivity index (χ2v) is 8.08. The number of nitrogens with zero attached hydrogens (tertiary/aromatic N) is 4. The molecular weight excluding hydrogens is 388 g/mol. The highest BCUT2D eigenvalue weighted by atomic mass is 32.1. The average Bonchev–Trinajstić information content (AvgIpc) is 3.14. The van der Waals surface area contributed by atoms with Crippen LogP contribution in [0, 0.1) is 5.92 Å². The summed E-state index contributed by atoms with van der Waals surface area (Å²) >= 11 is 1.43. The van der Waals surface area contributed by atoms with Crippen molar-refractivity contribution in [3.05, 3.63) is 58.7 Å². The van der Waals surface area contributed by atoms with Crippen LogP contribution in [0.5, 0.6) is 0 Å². The number of rotatable bonds is 8. The molecule has 2 N–H and O–H groups in total. The maximum absolute atomic E-state index is 12.1. The van der Waals surface area contributed by atoms with Crippen LogP contribution in [-0.4, -0.2) is 32.7 Å². The van der Waals surface area contributed by atoms with E-state index in [9.17, 15) is 9.59 Å². The topological polar surface area (TPSA) is 110 Å². The molecule has 4 rings (SSSR count). The summed E-state index contributed by atoms with van der Waals surface area (Å²) in [5.74, 6) is 1.27. The Morgan fingerprint density at radius 1 is 1.07 bits per heavy atom. The molecule has 0 atom stereocenters. The summed E-state index contributed by atoms with van der Waals surface area (Å²) in [4.78, 5) is 22.6. The van der Waals surface area contributed by atoms with Gasteiger partial charge in [-0.2, -0.15) is 5.10 Å². The van der Waals surface area contributed by atoms with Gasteiger partial charge in [0.1, 0.15) is 5.01 Å². The molecule has 2 aromatic heterocycles. The van der Waals surface area contributed by atoms with Crippen LogP contribution in [0.2, 0.25) is 0 Å². The zero-order valence-electron chi connectivity index (χ0n) is 15.6. The Balaban J connectivity index is 1.24. The first-order valence-electron chi connectivity index (χ1n) is 9.39. The van der Waals surface area contributed by atoms with E-state index >= 15 is 0 Å². The molecule has 0 spiro atoms.